The number of carbonyl (C=O) groups is 1. The first-order chi connectivity index (χ1) is 11.9. The van der Waals surface area contributed by atoms with Crippen molar-refractivity contribution >= 4 is 39.0 Å². The Kier molecular flexibility index (Phi) is 4.36. The molecule has 1 aromatic carbocycles. The van der Waals surface area contributed by atoms with Crippen LogP contribution in [-0.2, 0) is 15.0 Å². The van der Waals surface area contributed by atoms with Crippen LogP contribution in [-0.4, -0.2) is 27.3 Å². The zero-order chi connectivity index (χ0) is 18.1. The van der Waals surface area contributed by atoms with Gasteiger partial charge >= 0.3 is 0 Å². The minimum absolute atomic E-state index is 0.0301. The molecule has 10 heteroatoms. The van der Waals surface area contributed by atoms with Gasteiger partial charge < -0.3 is 11.1 Å². The van der Waals surface area contributed by atoms with Crippen LogP contribution in [0.15, 0.2) is 35.5 Å². The number of rotatable bonds is 4. The Labute approximate surface area is 142 Å². The maximum atomic E-state index is 14.3. The van der Waals surface area contributed by atoms with Gasteiger partial charge in [-0.25, -0.2) is 8.78 Å². The first-order valence-corrected chi connectivity index (χ1v) is 8.65. The SMILES string of the molecule is C[SH+](=O)c1cc(F)c2nnc(C(N)=O)c(Nc3cncc(F)c3)c2c1. The van der Waals surface area contributed by atoms with Gasteiger partial charge in [0.25, 0.3) is 5.91 Å². The summed E-state index contributed by atoms with van der Waals surface area (Å²) < 4.78 is 39.4. The average Bonchev–Trinajstić information content (AvgIpc) is 2.55. The Morgan fingerprint density at radius 1 is 1.20 bits per heavy atom. The molecule has 0 aliphatic carbocycles. The highest BCUT2D eigenvalue weighted by atomic mass is 32.2. The van der Waals surface area contributed by atoms with Crippen LogP contribution in [0.2, 0.25) is 0 Å². The van der Waals surface area contributed by atoms with E-state index in [0.717, 1.165) is 18.3 Å². The number of carbonyl (C=O) groups excluding carboxylic acids is 1. The van der Waals surface area contributed by atoms with Crippen molar-refractivity contribution < 1.29 is 17.8 Å². The lowest BCUT2D eigenvalue weighted by Crippen LogP contribution is -2.17. The minimum atomic E-state index is -1.84. The lowest BCUT2D eigenvalue weighted by Gasteiger charge is -2.12. The van der Waals surface area contributed by atoms with Crippen molar-refractivity contribution in [3.63, 3.8) is 0 Å². The van der Waals surface area contributed by atoms with E-state index < -0.39 is 28.3 Å². The van der Waals surface area contributed by atoms with Gasteiger partial charge in [0.1, 0.15) is 28.4 Å². The van der Waals surface area contributed by atoms with Crippen molar-refractivity contribution in [1.82, 2.24) is 15.2 Å². The molecule has 2 heterocycles. The van der Waals surface area contributed by atoms with Crippen LogP contribution in [0.25, 0.3) is 10.9 Å². The van der Waals surface area contributed by atoms with Crippen LogP contribution < -0.4 is 11.1 Å². The maximum Gasteiger partial charge on any atom is 0.271 e. The predicted molar refractivity (Wildman–Crippen MR) is 89.1 cm³/mol. The van der Waals surface area contributed by atoms with Gasteiger partial charge in [-0.2, -0.15) is 0 Å². The summed E-state index contributed by atoms with van der Waals surface area (Å²) in [6.45, 7) is 0. The second-order valence-corrected chi connectivity index (χ2v) is 6.64. The minimum Gasteiger partial charge on any atom is -0.364 e. The highest BCUT2D eigenvalue weighted by Crippen LogP contribution is 2.30. The third-order valence-corrected chi connectivity index (χ3v) is 4.36. The molecule has 1 amide bonds. The van der Waals surface area contributed by atoms with Gasteiger partial charge in [-0.3, -0.25) is 9.78 Å². The molecule has 128 valence electrons. The smallest absolute Gasteiger partial charge is 0.271 e. The van der Waals surface area contributed by atoms with Gasteiger partial charge in [-0.1, -0.05) is 0 Å². The van der Waals surface area contributed by atoms with Crippen molar-refractivity contribution in [3.05, 3.63) is 47.9 Å². The van der Waals surface area contributed by atoms with Crippen LogP contribution in [0.1, 0.15) is 10.5 Å². The molecule has 3 N–H and O–H groups in total. The number of halogens is 2. The Hall–Kier alpha value is -3.01. The molecule has 0 spiro atoms. The predicted octanol–water partition coefficient (Wildman–Crippen LogP) is 1.83. The van der Waals surface area contributed by atoms with Crippen LogP contribution >= 0.6 is 0 Å². The van der Waals surface area contributed by atoms with Gasteiger partial charge in [0.2, 0.25) is 0 Å². The number of benzene rings is 1. The number of nitrogens with zero attached hydrogens (tertiary/aromatic N) is 3. The van der Waals surface area contributed by atoms with Gasteiger partial charge in [-0.05, 0) is 0 Å². The van der Waals surface area contributed by atoms with Gasteiger partial charge in [0, 0.05) is 23.6 Å². The van der Waals surface area contributed by atoms with Crippen LogP contribution in [0.3, 0.4) is 0 Å². The van der Waals surface area contributed by atoms with E-state index in [2.05, 4.69) is 20.5 Å². The first-order valence-electron chi connectivity index (χ1n) is 6.95. The third-order valence-electron chi connectivity index (χ3n) is 3.38. The number of thiol groups is 1. The van der Waals surface area contributed by atoms with E-state index in [9.17, 15) is 17.8 Å². The number of hydrogen-bond acceptors (Lipinski definition) is 6. The summed E-state index contributed by atoms with van der Waals surface area (Å²) >= 11 is 0. The largest absolute Gasteiger partial charge is 0.364 e. The molecule has 0 radical (unpaired) electrons. The molecule has 2 aromatic heterocycles. The Bertz CT molecular complexity index is 1030. The number of amides is 1. The average molecular weight is 364 g/mol. The van der Waals surface area contributed by atoms with E-state index in [1.165, 1.54) is 18.5 Å². The molecular formula is C15H12F2N5O2S+. The molecule has 0 saturated heterocycles. The molecule has 7 nitrogen and oxygen atoms in total. The summed E-state index contributed by atoms with van der Waals surface area (Å²) in [5.74, 6) is -2.27. The lowest BCUT2D eigenvalue weighted by atomic mass is 10.1. The zero-order valence-corrected chi connectivity index (χ0v) is 13.7. The molecule has 0 fully saturated rings. The van der Waals surface area contributed by atoms with E-state index in [1.54, 1.807) is 0 Å². The van der Waals surface area contributed by atoms with Crippen molar-refractivity contribution in [2.45, 2.75) is 4.90 Å². The van der Waals surface area contributed by atoms with Crippen molar-refractivity contribution in [2.24, 2.45) is 5.73 Å². The number of aromatic nitrogens is 3. The van der Waals surface area contributed by atoms with E-state index in [0.29, 0.717) is 0 Å². The van der Waals surface area contributed by atoms with Crippen LogP contribution in [0, 0.1) is 11.6 Å². The van der Waals surface area contributed by atoms with Crippen molar-refractivity contribution in [1.29, 1.82) is 0 Å². The van der Waals surface area contributed by atoms with E-state index in [4.69, 9.17) is 5.73 Å². The number of fused-ring (bicyclic) bond motifs is 1. The summed E-state index contributed by atoms with van der Waals surface area (Å²) in [5, 5.41) is 10.2. The Morgan fingerprint density at radius 3 is 2.60 bits per heavy atom. The zero-order valence-electron chi connectivity index (χ0n) is 12.8. The molecular weight excluding hydrogens is 352 g/mol. The fourth-order valence-corrected chi connectivity index (χ4v) is 2.87. The first kappa shape index (κ1) is 16.8. The fourth-order valence-electron chi connectivity index (χ4n) is 2.26. The molecule has 0 bridgehead atoms. The van der Waals surface area contributed by atoms with Gasteiger partial charge in [0.05, 0.1) is 23.8 Å². The molecule has 25 heavy (non-hydrogen) atoms. The lowest BCUT2D eigenvalue weighted by molar-refractivity contribution is 0.0995. The number of pyridine rings is 1. The number of nitrogens with one attached hydrogen (secondary N) is 1. The van der Waals surface area contributed by atoms with E-state index in [-0.39, 0.29) is 32.9 Å². The Balaban J connectivity index is 2.30. The molecule has 0 aliphatic rings. The number of hydrogen-bond donors (Lipinski definition) is 2. The molecule has 3 aromatic rings. The van der Waals surface area contributed by atoms with Gasteiger partial charge in [-0.15, -0.1) is 14.4 Å². The van der Waals surface area contributed by atoms with Crippen molar-refractivity contribution in [2.75, 3.05) is 11.6 Å². The summed E-state index contributed by atoms with van der Waals surface area (Å²) in [5.41, 5.74) is 5.12. The third kappa shape index (κ3) is 3.29. The number of nitrogens with two attached hydrogens (primary N) is 1. The van der Waals surface area contributed by atoms with Crippen LogP contribution in [0.4, 0.5) is 20.2 Å². The topological polar surface area (TPSA) is 111 Å². The summed E-state index contributed by atoms with van der Waals surface area (Å²) in [6, 6.07) is 3.64. The summed E-state index contributed by atoms with van der Waals surface area (Å²) in [7, 11) is -1.84. The van der Waals surface area contributed by atoms with E-state index in [1.807, 2.05) is 0 Å². The molecule has 3 rings (SSSR count). The highest BCUT2D eigenvalue weighted by Gasteiger charge is 2.20. The fraction of sp³-hybridized carbons (Fsp3) is 0.0667. The maximum absolute atomic E-state index is 14.3. The Morgan fingerprint density at radius 2 is 1.96 bits per heavy atom. The molecule has 1 unspecified atom stereocenters. The molecule has 0 aliphatic heterocycles. The van der Waals surface area contributed by atoms with E-state index >= 15 is 0 Å². The monoisotopic (exact) mass is 364 g/mol. The van der Waals surface area contributed by atoms with Gasteiger partial charge in [0.15, 0.2) is 16.4 Å². The van der Waals surface area contributed by atoms with Crippen LogP contribution in [0.5, 0.6) is 0 Å². The number of anilines is 2. The normalized spacial score (nSPS) is 12.1. The summed E-state index contributed by atoms with van der Waals surface area (Å²) in [6.07, 6.45) is 3.73. The quantitative estimate of drug-likeness (QED) is 0.540. The molecule has 0 saturated carbocycles. The van der Waals surface area contributed by atoms with Crippen molar-refractivity contribution in [3.8, 4) is 0 Å². The highest BCUT2D eigenvalue weighted by molar-refractivity contribution is 7.84. The second kappa shape index (κ2) is 6.48. The summed E-state index contributed by atoms with van der Waals surface area (Å²) in [4.78, 5) is 15.6. The molecule has 1 atom stereocenters. The number of primary amides is 1. The second-order valence-electron chi connectivity index (χ2n) is 5.13. The standard InChI is InChI=1S/C15H11F2N5O2S/c1-25(24)9-3-10-12(11(17)4-9)21-22-14(15(18)23)13(10)20-8-2-7(16)5-19-6-8/h2-6H,1H3,(H2,18,23)(H,20,21)/p+1.